The van der Waals surface area contributed by atoms with Crippen LogP contribution < -0.4 is 4.74 Å². The Labute approximate surface area is 119 Å². The van der Waals surface area contributed by atoms with Crippen LogP contribution >= 0.6 is 0 Å². The molecule has 7 heteroatoms. The molecule has 2 aromatic rings. The predicted octanol–water partition coefficient (Wildman–Crippen LogP) is 2.47. The van der Waals surface area contributed by atoms with Crippen molar-refractivity contribution in [3.05, 3.63) is 52.3 Å². The van der Waals surface area contributed by atoms with E-state index in [4.69, 9.17) is 9.84 Å². The number of non-ortho nitro benzene ring substituents is 1. The zero-order valence-corrected chi connectivity index (χ0v) is 11.1. The van der Waals surface area contributed by atoms with E-state index in [1.165, 1.54) is 18.2 Å². The number of fused-ring (bicyclic) bond motifs is 3. The third kappa shape index (κ3) is 2.03. The monoisotopic (exact) mass is 288 g/mol. The average Bonchev–Trinajstić information content (AvgIpc) is 2.87. The molecule has 0 saturated heterocycles. The van der Waals surface area contributed by atoms with Gasteiger partial charge in [0.05, 0.1) is 22.7 Å². The van der Waals surface area contributed by atoms with Gasteiger partial charge in [-0.2, -0.15) is 0 Å². The molecule has 0 bridgehead atoms. The largest absolute Gasteiger partial charge is 0.481 e. The fourth-order valence-electron chi connectivity index (χ4n) is 2.63. The SMILES string of the molecule is CC1(CC(=O)O)Oc2ccc([N+](=O)[O-])cc2-n2cccc21. The standard InChI is InChI=1S/C14H12N2O5/c1-14(8-13(17)18)12-3-2-6-15(12)10-7-9(16(19)20)4-5-11(10)21-14/h2-7H,8H2,1H3,(H,17,18). The molecule has 0 amide bonds. The Bertz CT molecular complexity index is 752. The molecule has 1 atom stereocenters. The quantitative estimate of drug-likeness (QED) is 0.691. The number of carboxylic acids is 1. The normalized spacial score (nSPS) is 19.3. The molecule has 0 spiro atoms. The summed E-state index contributed by atoms with van der Waals surface area (Å²) in [5.41, 5.74) is 0.127. The van der Waals surface area contributed by atoms with Crippen molar-refractivity contribution in [3.63, 3.8) is 0 Å². The number of benzene rings is 1. The Morgan fingerprint density at radius 2 is 2.24 bits per heavy atom. The van der Waals surface area contributed by atoms with E-state index < -0.39 is 16.5 Å². The van der Waals surface area contributed by atoms with E-state index in [1.807, 2.05) is 0 Å². The highest BCUT2D eigenvalue weighted by Crippen LogP contribution is 2.42. The maximum atomic E-state index is 11.1. The Morgan fingerprint density at radius 1 is 1.48 bits per heavy atom. The molecule has 0 saturated carbocycles. The number of rotatable bonds is 3. The molecule has 2 heterocycles. The molecule has 1 aliphatic heterocycles. The van der Waals surface area contributed by atoms with Gasteiger partial charge in [0.2, 0.25) is 0 Å². The van der Waals surface area contributed by atoms with Crippen LogP contribution in [0.5, 0.6) is 5.75 Å². The number of hydrogen-bond acceptors (Lipinski definition) is 4. The molecule has 1 unspecified atom stereocenters. The van der Waals surface area contributed by atoms with Gasteiger partial charge in [-0.05, 0) is 25.1 Å². The Morgan fingerprint density at radius 3 is 2.90 bits per heavy atom. The summed E-state index contributed by atoms with van der Waals surface area (Å²) < 4.78 is 7.56. The average molecular weight is 288 g/mol. The van der Waals surface area contributed by atoms with E-state index in [1.54, 1.807) is 29.8 Å². The van der Waals surface area contributed by atoms with Gasteiger partial charge in [-0.25, -0.2) is 0 Å². The van der Waals surface area contributed by atoms with E-state index in [0.29, 0.717) is 17.1 Å². The number of nitro groups is 1. The van der Waals surface area contributed by atoms with Crippen LogP contribution in [0.25, 0.3) is 5.69 Å². The van der Waals surface area contributed by atoms with Gasteiger partial charge < -0.3 is 14.4 Å². The zero-order valence-electron chi connectivity index (χ0n) is 11.1. The van der Waals surface area contributed by atoms with E-state index >= 15 is 0 Å². The Hall–Kier alpha value is -2.83. The smallest absolute Gasteiger partial charge is 0.307 e. The summed E-state index contributed by atoms with van der Waals surface area (Å²) in [5.74, 6) is -0.552. The summed E-state index contributed by atoms with van der Waals surface area (Å²) in [6.45, 7) is 1.69. The van der Waals surface area contributed by atoms with Gasteiger partial charge in [0, 0.05) is 18.3 Å². The summed E-state index contributed by atoms with van der Waals surface area (Å²) in [6.07, 6.45) is 1.54. The molecule has 1 N–H and O–H groups in total. The van der Waals surface area contributed by atoms with E-state index in [0.717, 1.165) is 0 Å². The number of aliphatic carboxylic acids is 1. The molecular weight excluding hydrogens is 276 g/mol. The highest BCUT2D eigenvalue weighted by atomic mass is 16.6. The van der Waals surface area contributed by atoms with E-state index in [2.05, 4.69) is 0 Å². The van der Waals surface area contributed by atoms with Crippen LogP contribution in [0.1, 0.15) is 19.0 Å². The van der Waals surface area contributed by atoms with E-state index in [-0.39, 0.29) is 12.1 Å². The fraction of sp³-hybridized carbons (Fsp3) is 0.214. The molecular formula is C14H12N2O5. The fourth-order valence-corrected chi connectivity index (χ4v) is 2.63. The maximum Gasteiger partial charge on any atom is 0.307 e. The second-order valence-electron chi connectivity index (χ2n) is 5.08. The molecule has 1 aromatic carbocycles. The summed E-state index contributed by atoms with van der Waals surface area (Å²) in [4.78, 5) is 21.5. The predicted molar refractivity (Wildman–Crippen MR) is 72.7 cm³/mol. The molecule has 1 aromatic heterocycles. The second-order valence-corrected chi connectivity index (χ2v) is 5.08. The number of nitrogens with zero attached hydrogens (tertiary/aromatic N) is 2. The molecule has 21 heavy (non-hydrogen) atoms. The first-order chi connectivity index (χ1) is 9.90. The first-order valence-electron chi connectivity index (χ1n) is 6.28. The van der Waals surface area contributed by atoms with Crippen molar-refractivity contribution in [3.8, 4) is 11.4 Å². The maximum absolute atomic E-state index is 11.1. The molecule has 0 fully saturated rings. The number of hydrogen-bond donors (Lipinski definition) is 1. The van der Waals surface area contributed by atoms with Gasteiger partial charge in [-0.15, -0.1) is 0 Å². The van der Waals surface area contributed by atoms with Crippen molar-refractivity contribution >= 4 is 11.7 Å². The van der Waals surface area contributed by atoms with Crippen LogP contribution in [0.4, 0.5) is 5.69 Å². The first kappa shape index (κ1) is 13.2. The minimum absolute atomic E-state index is 0.0427. The van der Waals surface area contributed by atoms with Crippen molar-refractivity contribution in [1.29, 1.82) is 0 Å². The lowest BCUT2D eigenvalue weighted by Crippen LogP contribution is -2.37. The number of aromatic nitrogens is 1. The molecule has 108 valence electrons. The molecule has 1 aliphatic rings. The van der Waals surface area contributed by atoms with Crippen molar-refractivity contribution in [2.75, 3.05) is 0 Å². The van der Waals surface area contributed by atoms with Crippen molar-refractivity contribution in [2.24, 2.45) is 0 Å². The van der Waals surface area contributed by atoms with Gasteiger partial charge in [-0.3, -0.25) is 14.9 Å². The Balaban J connectivity index is 2.16. The minimum Gasteiger partial charge on any atom is -0.481 e. The summed E-state index contributed by atoms with van der Waals surface area (Å²) in [7, 11) is 0. The van der Waals surface area contributed by atoms with Gasteiger partial charge in [0.1, 0.15) is 5.75 Å². The molecule has 7 nitrogen and oxygen atoms in total. The molecule has 0 aliphatic carbocycles. The highest BCUT2D eigenvalue weighted by Gasteiger charge is 2.39. The van der Waals surface area contributed by atoms with Gasteiger partial charge in [0.25, 0.3) is 5.69 Å². The van der Waals surface area contributed by atoms with E-state index in [9.17, 15) is 14.9 Å². The lowest BCUT2D eigenvalue weighted by Gasteiger charge is -2.35. The minimum atomic E-state index is -1.02. The number of ether oxygens (including phenoxy) is 1. The first-order valence-corrected chi connectivity index (χ1v) is 6.28. The second kappa shape index (κ2) is 4.34. The lowest BCUT2D eigenvalue weighted by molar-refractivity contribution is -0.384. The van der Waals surface area contributed by atoms with Crippen LogP contribution in [0.2, 0.25) is 0 Å². The summed E-state index contributed by atoms with van der Waals surface area (Å²) >= 11 is 0. The zero-order chi connectivity index (χ0) is 15.2. The third-order valence-electron chi connectivity index (χ3n) is 3.53. The van der Waals surface area contributed by atoms with Gasteiger partial charge in [-0.1, -0.05) is 0 Å². The molecule has 0 radical (unpaired) electrons. The number of carboxylic acid groups (broad SMARTS) is 1. The summed E-state index contributed by atoms with van der Waals surface area (Å²) in [6, 6.07) is 7.77. The van der Waals surface area contributed by atoms with Crippen LogP contribution in [-0.2, 0) is 10.4 Å². The summed E-state index contributed by atoms with van der Waals surface area (Å²) in [5, 5.41) is 20.0. The van der Waals surface area contributed by atoms with Crippen LogP contribution in [-0.4, -0.2) is 20.6 Å². The number of nitro benzene ring substituents is 1. The van der Waals surface area contributed by atoms with Crippen LogP contribution in [0.15, 0.2) is 36.5 Å². The highest BCUT2D eigenvalue weighted by molar-refractivity contribution is 5.69. The van der Waals surface area contributed by atoms with Crippen molar-refractivity contribution < 1.29 is 19.6 Å². The lowest BCUT2D eigenvalue weighted by atomic mass is 9.95. The van der Waals surface area contributed by atoms with Gasteiger partial charge >= 0.3 is 5.97 Å². The van der Waals surface area contributed by atoms with Crippen molar-refractivity contribution in [2.45, 2.75) is 18.9 Å². The topological polar surface area (TPSA) is 94.6 Å². The van der Waals surface area contributed by atoms with Gasteiger partial charge in [0.15, 0.2) is 5.60 Å². The van der Waals surface area contributed by atoms with Crippen LogP contribution in [0, 0.1) is 10.1 Å². The van der Waals surface area contributed by atoms with Crippen molar-refractivity contribution in [1.82, 2.24) is 4.57 Å². The molecule has 3 rings (SSSR count). The third-order valence-corrected chi connectivity index (χ3v) is 3.53. The number of carbonyl (C=O) groups is 1. The Kier molecular flexibility index (Phi) is 2.72. The van der Waals surface area contributed by atoms with Crippen LogP contribution in [0.3, 0.4) is 0 Å².